The quantitative estimate of drug-likeness (QED) is 0.519. The molecule has 0 aromatic heterocycles. The standard InChI is InChI=1S/C22H19BrF3NO5S/c1-13-9-21(10-13,20(28)29)11-16-12-27(18-8-15(23)5-6-19(18)32-16)33(30,31)17-4-2-3-14(7-17)22(24,25)26/h2-8,16H,1,9-12H2,(H,28,29). The third-order valence-electron chi connectivity index (χ3n) is 5.85. The van der Waals surface area contributed by atoms with Crippen molar-refractivity contribution in [1.82, 2.24) is 0 Å². The summed E-state index contributed by atoms with van der Waals surface area (Å²) in [5.74, 6) is -0.823. The van der Waals surface area contributed by atoms with Gasteiger partial charge in [-0.25, -0.2) is 8.42 Å². The van der Waals surface area contributed by atoms with Gasteiger partial charge in [0.15, 0.2) is 0 Å². The molecule has 6 nitrogen and oxygen atoms in total. The van der Waals surface area contributed by atoms with Crippen LogP contribution in [-0.2, 0) is 21.0 Å². The second-order valence-corrected chi connectivity index (χ2v) is 11.1. The van der Waals surface area contributed by atoms with Gasteiger partial charge < -0.3 is 9.84 Å². The van der Waals surface area contributed by atoms with Gasteiger partial charge in [-0.05, 0) is 49.2 Å². The number of hydrogen-bond donors (Lipinski definition) is 1. The highest BCUT2D eigenvalue weighted by Gasteiger charge is 2.50. The molecule has 0 bridgehead atoms. The lowest BCUT2D eigenvalue weighted by atomic mass is 9.63. The summed E-state index contributed by atoms with van der Waals surface area (Å²) in [5.41, 5.74) is -1.26. The van der Waals surface area contributed by atoms with Crippen LogP contribution in [0.2, 0.25) is 0 Å². The summed E-state index contributed by atoms with van der Waals surface area (Å²) in [6, 6.07) is 8.19. The fourth-order valence-electron chi connectivity index (χ4n) is 4.30. The van der Waals surface area contributed by atoms with Crippen LogP contribution in [0.3, 0.4) is 0 Å². The highest BCUT2D eigenvalue weighted by atomic mass is 79.9. The van der Waals surface area contributed by atoms with E-state index in [9.17, 15) is 31.5 Å². The second-order valence-electron chi connectivity index (χ2n) is 8.31. The normalized spacial score (nSPS) is 19.9. The van der Waals surface area contributed by atoms with E-state index < -0.39 is 44.1 Å². The number of allylic oxidation sites excluding steroid dienone is 1. The molecule has 1 aliphatic carbocycles. The smallest absolute Gasteiger partial charge is 0.416 e. The molecule has 1 aliphatic heterocycles. The molecule has 1 atom stereocenters. The van der Waals surface area contributed by atoms with Gasteiger partial charge in [-0.1, -0.05) is 34.1 Å². The number of rotatable bonds is 5. The molecule has 1 heterocycles. The van der Waals surface area contributed by atoms with Gasteiger partial charge in [0.1, 0.15) is 11.9 Å². The maximum atomic E-state index is 13.5. The van der Waals surface area contributed by atoms with Crippen molar-refractivity contribution in [2.75, 3.05) is 10.8 Å². The number of fused-ring (bicyclic) bond motifs is 1. The number of halogens is 4. The van der Waals surface area contributed by atoms with Crippen molar-refractivity contribution < 1.29 is 36.2 Å². The van der Waals surface area contributed by atoms with Crippen molar-refractivity contribution in [1.29, 1.82) is 0 Å². The average molecular weight is 546 g/mol. The summed E-state index contributed by atoms with van der Waals surface area (Å²) in [7, 11) is -4.42. The predicted molar refractivity (Wildman–Crippen MR) is 118 cm³/mol. The first kappa shape index (κ1) is 23.6. The van der Waals surface area contributed by atoms with Crippen molar-refractivity contribution in [2.45, 2.75) is 36.4 Å². The lowest BCUT2D eigenvalue weighted by Gasteiger charge is -2.44. The molecule has 0 saturated heterocycles. The van der Waals surface area contributed by atoms with Gasteiger partial charge in [-0.2, -0.15) is 13.2 Å². The van der Waals surface area contributed by atoms with Crippen LogP contribution in [-0.4, -0.2) is 32.1 Å². The van der Waals surface area contributed by atoms with E-state index in [4.69, 9.17) is 4.74 Å². The topological polar surface area (TPSA) is 83.9 Å². The minimum absolute atomic E-state index is 0.0332. The van der Waals surface area contributed by atoms with Crippen molar-refractivity contribution in [3.05, 3.63) is 64.7 Å². The van der Waals surface area contributed by atoms with Crippen molar-refractivity contribution in [3.63, 3.8) is 0 Å². The molecular weight excluding hydrogens is 527 g/mol. The number of hydrogen-bond acceptors (Lipinski definition) is 4. The minimum atomic E-state index is -4.71. The zero-order chi connectivity index (χ0) is 24.2. The molecule has 4 rings (SSSR count). The summed E-state index contributed by atoms with van der Waals surface area (Å²) in [6.07, 6.45) is -4.97. The second kappa shape index (κ2) is 8.05. The Kier molecular flexibility index (Phi) is 5.76. The Labute approximate surface area is 196 Å². The Balaban J connectivity index is 1.74. The number of sulfonamides is 1. The zero-order valence-electron chi connectivity index (χ0n) is 17.1. The number of carboxylic acid groups (broad SMARTS) is 1. The fourth-order valence-corrected chi connectivity index (χ4v) is 6.20. The van der Waals surface area contributed by atoms with Crippen LogP contribution in [0.5, 0.6) is 5.75 Å². The summed E-state index contributed by atoms with van der Waals surface area (Å²) < 4.78 is 74.0. The first-order valence-electron chi connectivity index (χ1n) is 9.88. The summed E-state index contributed by atoms with van der Waals surface area (Å²) in [5, 5.41) is 9.73. The van der Waals surface area contributed by atoms with E-state index in [0.29, 0.717) is 10.5 Å². The maximum absolute atomic E-state index is 13.5. The first-order valence-corrected chi connectivity index (χ1v) is 12.1. The van der Waals surface area contributed by atoms with E-state index in [-0.39, 0.29) is 37.2 Å². The van der Waals surface area contributed by atoms with Gasteiger partial charge in [-0.3, -0.25) is 9.10 Å². The van der Waals surface area contributed by atoms with Gasteiger partial charge in [0.25, 0.3) is 10.0 Å². The maximum Gasteiger partial charge on any atom is 0.416 e. The molecule has 2 aromatic carbocycles. The number of aliphatic carboxylic acids is 1. The monoisotopic (exact) mass is 545 g/mol. The Hall–Kier alpha value is -2.53. The van der Waals surface area contributed by atoms with E-state index in [0.717, 1.165) is 28.1 Å². The van der Waals surface area contributed by atoms with Crippen LogP contribution < -0.4 is 9.04 Å². The van der Waals surface area contributed by atoms with Crippen molar-refractivity contribution >= 4 is 37.6 Å². The molecule has 176 valence electrons. The molecule has 1 fully saturated rings. The third-order valence-corrected chi connectivity index (χ3v) is 8.12. The van der Waals surface area contributed by atoms with E-state index in [1.54, 1.807) is 6.07 Å². The molecule has 11 heteroatoms. The highest BCUT2D eigenvalue weighted by molar-refractivity contribution is 9.10. The number of alkyl halides is 3. The number of ether oxygens (including phenoxy) is 1. The van der Waals surface area contributed by atoms with E-state index in [1.165, 1.54) is 12.1 Å². The largest absolute Gasteiger partial charge is 0.486 e. The van der Waals surface area contributed by atoms with Crippen LogP contribution in [0.25, 0.3) is 0 Å². The number of carbonyl (C=O) groups is 1. The molecule has 1 N–H and O–H groups in total. The van der Waals surface area contributed by atoms with Crippen LogP contribution >= 0.6 is 15.9 Å². The third kappa shape index (κ3) is 4.35. The molecule has 2 aliphatic rings. The van der Waals surface area contributed by atoms with Gasteiger partial charge in [0.05, 0.1) is 28.1 Å². The van der Waals surface area contributed by atoms with E-state index >= 15 is 0 Å². The van der Waals surface area contributed by atoms with Crippen LogP contribution in [0.4, 0.5) is 18.9 Å². The molecule has 0 radical (unpaired) electrons. The molecule has 2 aromatic rings. The van der Waals surface area contributed by atoms with Gasteiger partial charge in [0, 0.05) is 10.9 Å². The minimum Gasteiger partial charge on any atom is -0.486 e. The fraction of sp³-hybridized carbons (Fsp3) is 0.318. The Morgan fingerprint density at radius 2 is 1.94 bits per heavy atom. The number of anilines is 1. The van der Waals surface area contributed by atoms with E-state index in [2.05, 4.69) is 22.5 Å². The zero-order valence-corrected chi connectivity index (χ0v) is 19.5. The molecule has 33 heavy (non-hydrogen) atoms. The molecule has 0 amide bonds. The Morgan fingerprint density at radius 1 is 1.24 bits per heavy atom. The average Bonchev–Trinajstić information content (AvgIpc) is 2.71. The lowest BCUT2D eigenvalue weighted by Crippen LogP contribution is -2.49. The molecule has 0 spiro atoms. The predicted octanol–water partition coefficient (Wildman–Crippen LogP) is 5.24. The lowest BCUT2D eigenvalue weighted by molar-refractivity contribution is -0.153. The first-order chi connectivity index (χ1) is 15.3. The summed E-state index contributed by atoms with van der Waals surface area (Å²) in [6.45, 7) is 3.54. The SMILES string of the molecule is C=C1CC(CC2CN(S(=O)(=O)c3cccc(C(F)(F)F)c3)c3cc(Br)ccc3O2)(C(=O)O)C1. The van der Waals surface area contributed by atoms with E-state index in [1.807, 2.05) is 0 Å². The Morgan fingerprint density at radius 3 is 2.55 bits per heavy atom. The van der Waals surface area contributed by atoms with Gasteiger partial charge in [-0.15, -0.1) is 0 Å². The number of benzene rings is 2. The molecule has 1 unspecified atom stereocenters. The van der Waals surface area contributed by atoms with Crippen LogP contribution in [0.1, 0.15) is 24.8 Å². The summed E-state index contributed by atoms with van der Waals surface area (Å²) >= 11 is 3.28. The highest BCUT2D eigenvalue weighted by Crippen LogP contribution is 2.50. The van der Waals surface area contributed by atoms with Crippen molar-refractivity contribution in [2.24, 2.45) is 5.41 Å². The molecule has 1 saturated carbocycles. The Bertz CT molecular complexity index is 1240. The summed E-state index contributed by atoms with van der Waals surface area (Å²) in [4.78, 5) is 11.4. The number of nitrogens with zero attached hydrogens (tertiary/aromatic N) is 1. The molecular formula is C22H19BrF3NO5S. The van der Waals surface area contributed by atoms with Crippen LogP contribution in [0, 0.1) is 5.41 Å². The number of carboxylic acids is 1. The van der Waals surface area contributed by atoms with Crippen molar-refractivity contribution in [3.8, 4) is 5.75 Å². The van der Waals surface area contributed by atoms with Gasteiger partial charge >= 0.3 is 12.1 Å². The van der Waals surface area contributed by atoms with Gasteiger partial charge in [0.2, 0.25) is 0 Å². The van der Waals surface area contributed by atoms with Crippen LogP contribution in [0.15, 0.2) is 64.0 Å².